The van der Waals surface area contributed by atoms with Crippen LogP contribution in [0.4, 0.5) is 0 Å². The fourth-order valence-electron chi connectivity index (χ4n) is 1.79. The van der Waals surface area contributed by atoms with E-state index in [4.69, 9.17) is 10.00 Å². The molecule has 0 aliphatic carbocycles. The molecule has 0 fully saturated rings. The smallest absolute Gasteiger partial charge is 0.344 e. The van der Waals surface area contributed by atoms with Gasteiger partial charge in [-0.05, 0) is 24.6 Å². The highest BCUT2D eigenvalue weighted by atomic mass is 32.2. The Hall–Kier alpha value is -2.66. The maximum absolute atomic E-state index is 12.0. The number of nitriles is 1. The molecule has 114 valence electrons. The van der Waals surface area contributed by atoms with Gasteiger partial charge in [0.1, 0.15) is 6.61 Å². The van der Waals surface area contributed by atoms with Crippen LogP contribution in [0.15, 0.2) is 40.4 Å². The molecule has 0 radical (unpaired) electrons. The molecule has 0 saturated carbocycles. The standard InChI is InChI=1S/C14H13N3O4S/c1-10-13(8-17(2)22(19,20)16-10)14(18)21-9-12-5-3-4-11(6-12)7-15/h3-6,8H,9H2,1-2H3. The molecule has 0 N–H and O–H groups in total. The molecule has 7 nitrogen and oxygen atoms in total. The lowest BCUT2D eigenvalue weighted by atomic mass is 10.1. The summed E-state index contributed by atoms with van der Waals surface area (Å²) >= 11 is 0. The predicted octanol–water partition coefficient (Wildman–Crippen LogP) is 1.14. The Kier molecular flexibility index (Phi) is 4.28. The molecule has 0 atom stereocenters. The number of rotatable bonds is 3. The summed E-state index contributed by atoms with van der Waals surface area (Å²) < 4.78 is 32.5. The summed E-state index contributed by atoms with van der Waals surface area (Å²) in [5.74, 6) is -0.676. The minimum absolute atomic E-state index is 0.0184. The van der Waals surface area contributed by atoms with Crippen LogP contribution in [-0.2, 0) is 26.3 Å². The number of carbonyl (C=O) groups excluding carboxylic acids is 1. The Labute approximate surface area is 128 Å². The second-order valence-electron chi connectivity index (χ2n) is 4.60. The Morgan fingerprint density at radius 1 is 1.45 bits per heavy atom. The van der Waals surface area contributed by atoms with Gasteiger partial charge < -0.3 is 4.74 Å². The van der Waals surface area contributed by atoms with Gasteiger partial charge in [0.05, 0.1) is 22.9 Å². The van der Waals surface area contributed by atoms with Crippen LogP contribution in [0.2, 0.25) is 0 Å². The van der Waals surface area contributed by atoms with E-state index in [1.807, 2.05) is 6.07 Å². The number of esters is 1. The second kappa shape index (κ2) is 5.99. The molecular weight excluding hydrogens is 306 g/mol. The largest absolute Gasteiger partial charge is 0.457 e. The Morgan fingerprint density at radius 3 is 2.86 bits per heavy atom. The van der Waals surface area contributed by atoms with Gasteiger partial charge in [-0.15, -0.1) is 4.40 Å². The van der Waals surface area contributed by atoms with Crippen LogP contribution < -0.4 is 0 Å². The number of nitrogens with zero attached hydrogens (tertiary/aromatic N) is 3. The molecule has 0 saturated heterocycles. The van der Waals surface area contributed by atoms with Crippen LogP contribution in [0.5, 0.6) is 0 Å². The van der Waals surface area contributed by atoms with Crippen LogP contribution in [0, 0.1) is 11.3 Å². The maximum atomic E-state index is 12.0. The third kappa shape index (κ3) is 3.32. The van der Waals surface area contributed by atoms with E-state index in [0.717, 1.165) is 4.31 Å². The predicted molar refractivity (Wildman–Crippen MR) is 78.8 cm³/mol. The zero-order chi connectivity index (χ0) is 16.3. The first kappa shape index (κ1) is 15.7. The van der Waals surface area contributed by atoms with Crippen molar-refractivity contribution in [3.63, 3.8) is 0 Å². The van der Waals surface area contributed by atoms with Crippen molar-refractivity contribution >= 4 is 21.9 Å². The van der Waals surface area contributed by atoms with Gasteiger partial charge in [0.25, 0.3) is 0 Å². The first-order valence-electron chi connectivity index (χ1n) is 6.26. The molecule has 0 amide bonds. The fraction of sp³-hybridized carbons (Fsp3) is 0.214. The lowest BCUT2D eigenvalue weighted by molar-refractivity contribution is -0.139. The van der Waals surface area contributed by atoms with E-state index in [-0.39, 0.29) is 17.9 Å². The molecule has 0 bridgehead atoms. The van der Waals surface area contributed by atoms with Gasteiger partial charge >= 0.3 is 16.2 Å². The van der Waals surface area contributed by atoms with Crippen molar-refractivity contribution < 1.29 is 17.9 Å². The van der Waals surface area contributed by atoms with Crippen LogP contribution in [0.25, 0.3) is 0 Å². The first-order chi connectivity index (χ1) is 10.3. The molecule has 1 aromatic rings. The summed E-state index contributed by atoms with van der Waals surface area (Å²) in [7, 11) is -2.47. The van der Waals surface area contributed by atoms with Gasteiger partial charge in [0.15, 0.2) is 0 Å². The van der Waals surface area contributed by atoms with Gasteiger partial charge in [-0.2, -0.15) is 13.7 Å². The van der Waals surface area contributed by atoms with Crippen LogP contribution in [0.1, 0.15) is 18.1 Å². The van der Waals surface area contributed by atoms with Crippen molar-refractivity contribution in [1.82, 2.24) is 4.31 Å². The number of benzene rings is 1. The Balaban J connectivity index is 2.10. The number of ether oxygens (including phenoxy) is 1. The van der Waals surface area contributed by atoms with Crippen molar-refractivity contribution in [3.05, 3.63) is 47.2 Å². The van der Waals surface area contributed by atoms with Crippen molar-refractivity contribution in [2.24, 2.45) is 4.40 Å². The van der Waals surface area contributed by atoms with Crippen LogP contribution in [-0.4, -0.2) is 31.5 Å². The van der Waals surface area contributed by atoms with Gasteiger partial charge in [0, 0.05) is 13.2 Å². The molecular formula is C14H13N3O4S. The zero-order valence-corrected chi connectivity index (χ0v) is 12.8. The van der Waals surface area contributed by atoms with E-state index in [1.54, 1.807) is 24.3 Å². The molecule has 22 heavy (non-hydrogen) atoms. The van der Waals surface area contributed by atoms with Crippen LogP contribution >= 0.6 is 0 Å². The molecule has 0 spiro atoms. The summed E-state index contributed by atoms with van der Waals surface area (Å²) in [6.45, 7) is 1.41. The van der Waals surface area contributed by atoms with Gasteiger partial charge in [-0.1, -0.05) is 12.1 Å². The fourth-order valence-corrected chi connectivity index (χ4v) is 2.60. The molecule has 0 unspecified atom stereocenters. The minimum Gasteiger partial charge on any atom is -0.457 e. The summed E-state index contributed by atoms with van der Waals surface area (Å²) in [6, 6.07) is 8.66. The van der Waals surface area contributed by atoms with E-state index in [0.29, 0.717) is 11.1 Å². The zero-order valence-electron chi connectivity index (χ0n) is 12.0. The SMILES string of the molecule is CC1=NS(=O)(=O)N(C)C=C1C(=O)OCc1cccc(C#N)c1. The highest BCUT2D eigenvalue weighted by Crippen LogP contribution is 2.16. The van der Waals surface area contributed by atoms with E-state index in [2.05, 4.69) is 4.40 Å². The highest BCUT2D eigenvalue weighted by molar-refractivity contribution is 7.88. The number of hydrogen-bond donors (Lipinski definition) is 0. The monoisotopic (exact) mass is 319 g/mol. The molecule has 0 aromatic heterocycles. The summed E-state index contributed by atoms with van der Waals surface area (Å²) in [4.78, 5) is 12.0. The first-order valence-corrected chi connectivity index (χ1v) is 7.66. The van der Waals surface area contributed by atoms with Gasteiger partial charge in [-0.25, -0.2) is 4.79 Å². The Morgan fingerprint density at radius 2 is 2.18 bits per heavy atom. The lowest BCUT2D eigenvalue weighted by Gasteiger charge is -2.19. The summed E-state index contributed by atoms with van der Waals surface area (Å²) in [5, 5.41) is 8.81. The van der Waals surface area contributed by atoms with Gasteiger partial charge in [-0.3, -0.25) is 4.31 Å². The van der Waals surface area contributed by atoms with Crippen molar-refractivity contribution in [2.45, 2.75) is 13.5 Å². The maximum Gasteiger partial charge on any atom is 0.344 e. The second-order valence-corrected chi connectivity index (χ2v) is 6.26. The van der Waals surface area contributed by atoms with E-state index in [9.17, 15) is 13.2 Å². The molecule has 1 aliphatic rings. The summed E-state index contributed by atoms with van der Waals surface area (Å²) in [6.07, 6.45) is 1.17. The van der Waals surface area contributed by atoms with Crippen LogP contribution in [0.3, 0.4) is 0 Å². The quantitative estimate of drug-likeness (QED) is 0.778. The summed E-state index contributed by atoms with van der Waals surface area (Å²) in [5.41, 5.74) is 1.29. The number of hydrogen-bond acceptors (Lipinski definition) is 5. The van der Waals surface area contributed by atoms with E-state index in [1.165, 1.54) is 20.2 Å². The van der Waals surface area contributed by atoms with Crippen molar-refractivity contribution in [2.75, 3.05) is 7.05 Å². The van der Waals surface area contributed by atoms with Crippen molar-refractivity contribution in [3.8, 4) is 6.07 Å². The molecule has 1 heterocycles. The van der Waals surface area contributed by atoms with E-state index < -0.39 is 16.2 Å². The molecule has 2 rings (SSSR count). The average Bonchev–Trinajstić information content (AvgIpc) is 2.48. The lowest BCUT2D eigenvalue weighted by Crippen LogP contribution is -2.29. The third-order valence-electron chi connectivity index (χ3n) is 2.96. The molecule has 1 aromatic carbocycles. The Bertz CT molecular complexity index is 819. The average molecular weight is 319 g/mol. The van der Waals surface area contributed by atoms with Crippen molar-refractivity contribution in [1.29, 1.82) is 5.26 Å². The third-order valence-corrected chi connectivity index (χ3v) is 4.30. The number of carbonyl (C=O) groups is 1. The topological polar surface area (TPSA) is 99.8 Å². The molecule has 8 heteroatoms. The highest BCUT2D eigenvalue weighted by Gasteiger charge is 2.26. The normalized spacial score (nSPS) is 16.3. The van der Waals surface area contributed by atoms with E-state index >= 15 is 0 Å². The minimum atomic E-state index is -3.75. The molecule has 1 aliphatic heterocycles. The van der Waals surface area contributed by atoms with Gasteiger partial charge in [0.2, 0.25) is 0 Å².